The Morgan fingerprint density at radius 1 is 1.20 bits per heavy atom. The van der Waals surface area contributed by atoms with Crippen molar-refractivity contribution in [1.29, 1.82) is 0 Å². The van der Waals surface area contributed by atoms with Crippen LogP contribution in [0.3, 0.4) is 0 Å². The molecule has 1 heterocycles. The number of fused-ring (bicyclic) bond motifs is 1. The van der Waals surface area contributed by atoms with E-state index >= 15 is 0 Å². The molecule has 2 aromatic rings. The van der Waals surface area contributed by atoms with Gasteiger partial charge in [0.2, 0.25) is 5.91 Å². The number of nitrogens with one attached hydrogen (secondary N) is 1. The molecule has 0 unspecified atom stereocenters. The molecule has 3 atom stereocenters. The third kappa shape index (κ3) is 4.16. The number of aliphatic hydroxyl groups is 1. The van der Waals surface area contributed by atoms with E-state index in [1.165, 1.54) is 7.11 Å². The number of phenols is 1. The summed E-state index contributed by atoms with van der Waals surface area (Å²) in [5, 5.41) is 24.4. The number of ether oxygens (including phenoxy) is 1. The number of para-hydroxylation sites is 1. The van der Waals surface area contributed by atoms with Crippen LogP contribution in [0.15, 0.2) is 48.5 Å². The van der Waals surface area contributed by atoms with Gasteiger partial charge in [-0.25, -0.2) is 0 Å². The van der Waals surface area contributed by atoms with Gasteiger partial charge >= 0.3 is 0 Å². The predicted molar refractivity (Wildman–Crippen MR) is 116 cm³/mol. The van der Waals surface area contributed by atoms with Crippen molar-refractivity contribution in [1.82, 2.24) is 4.90 Å². The van der Waals surface area contributed by atoms with Crippen molar-refractivity contribution in [2.45, 2.75) is 43.7 Å². The third-order valence-corrected chi connectivity index (χ3v) is 6.62. The highest BCUT2D eigenvalue weighted by molar-refractivity contribution is 5.92. The van der Waals surface area contributed by atoms with Gasteiger partial charge in [-0.15, -0.1) is 0 Å². The van der Waals surface area contributed by atoms with E-state index in [2.05, 4.69) is 10.2 Å². The van der Waals surface area contributed by atoms with Crippen LogP contribution in [0.2, 0.25) is 0 Å². The third-order valence-electron chi connectivity index (χ3n) is 6.62. The number of amides is 1. The highest BCUT2D eigenvalue weighted by Crippen LogP contribution is 2.50. The summed E-state index contributed by atoms with van der Waals surface area (Å²) in [5.41, 5.74) is 1.03. The van der Waals surface area contributed by atoms with E-state index in [1.807, 2.05) is 42.5 Å². The molecule has 1 saturated carbocycles. The van der Waals surface area contributed by atoms with E-state index in [-0.39, 0.29) is 30.2 Å². The van der Waals surface area contributed by atoms with Crippen molar-refractivity contribution < 1.29 is 19.7 Å². The van der Waals surface area contributed by atoms with E-state index in [4.69, 9.17) is 4.74 Å². The number of aromatic hydroxyl groups is 1. The average Bonchev–Trinajstić information content (AvgIpc) is 2.75. The van der Waals surface area contributed by atoms with Gasteiger partial charge in [-0.2, -0.15) is 0 Å². The first kappa shape index (κ1) is 20.7. The fourth-order valence-electron chi connectivity index (χ4n) is 5.15. The Hall–Kier alpha value is -2.57. The van der Waals surface area contributed by atoms with Gasteiger partial charge < -0.3 is 20.3 Å². The van der Waals surface area contributed by atoms with Gasteiger partial charge in [0.25, 0.3) is 0 Å². The van der Waals surface area contributed by atoms with Gasteiger partial charge in [-0.1, -0.05) is 37.1 Å². The van der Waals surface area contributed by atoms with Gasteiger partial charge in [0.05, 0.1) is 19.3 Å². The number of carbonyl (C=O) groups is 1. The second-order valence-corrected chi connectivity index (χ2v) is 8.47. The van der Waals surface area contributed by atoms with E-state index in [9.17, 15) is 15.0 Å². The maximum absolute atomic E-state index is 12.8. The second kappa shape index (κ2) is 8.66. The fraction of sp³-hybridized carbons (Fsp3) is 0.458. The van der Waals surface area contributed by atoms with Crippen LogP contribution < -0.4 is 10.1 Å². The average molecular weight is 411 g/mol. The summed E-state index contributed by atoms with van der Waals surface area (Å²) in [6.07, 6.45) is 4.49. The molecule has 30 heavy (non-hydrogen) atoms. The van der Waals surface area contributed by atoms with Crippen LogP contribution in [-0.4, -0.2) is 46.8 Å². The van der Waals surface area contributed by atoms with E-state index in [0.717, 1.165) is 36.9 Å². The molecule has 1 aliphatic carbocycles. The molecule has 0 radical (unpaired) electrons. The highest BCUT2D eigenvalue weighted by atomic mass is 16.5. The van der Waals surface area contributed by atoms with Crippen LogP contribution in [0, 0.1) is 5.92 Å². The van der Waals surface area contributed by atoms with E-state index < -0.39 is 5.60 Å². The number of methoxy groups -OCH3 is 1. The van der Waals surface area contributed by atoms with Crippen LogP contribution in [0.1, 0.15) is 43.7 Å². The first-order valence-corrected chi connectivity index (χ1v) is 10.7. The normalized spacial score (nSPS) is 26.6. The van der Waals surface area contributed by atoms with E-state index in [1.54, 1.807) is 6.07 Å². The number of hydrogen-bond donors (Lipinski definition) is 3. The lowest BCUT2D eigenvalue weighted by Gasteiger charge is -2.52. The first-order chi connectivity index (χ1) is 14.5. The summed E-state index contributed by atoms with van der Waals surface area (Å²) in [4.78, 5) is 15.0. The summed E-state index contributed by atoms with van der Waals surface area (Å²) in [5.74, 6) is 0.465. The number of piperidine rings is 1. The number of benzene rings is 2. The van der Waals surface area contributed by atoms with E-state index in [0.29, 0.717) is 18.7 Å². The summed E-state index contributed by atoms with van der Waals surface area (Å²) >= 11 is 0. The molecule has 0 aromatic heterocycles. The zero-order valence-electron chi connectivity index (χ0n) is 17.4. The Morgan fingerprint density at radius 3 is 2.77 bits per heavy atom. The summed E-state index contributed by atoms with van der Waals surface area (Å²) in [6, 6.07) is 14.7. The summed E-state index contributed by atoms with van der Waals surface area (Å²) in [7, 11) is 1.53. The number of anilines is 1. The highest BCUT2D eigenvalue weighted by Gasteiger charge is 2.49. The van der Waals surface area contributed by atoms with Crippen LogP contribution in [0.5, 0.6) is 11.5 Å². The number of nitrogens with zero attached hydrogens (tertiary/aromatic N) is 1. The Labute approximate surface area is 177 Å². The van der Waals surface area contributed by atoms with Gasteiger partial charge in [0.15, 0.2) is 11.5 Å². The lowest BCUT2D eigenvalue weighted by molar-refractivity contribution is -0.135. The van der Waals surface area contributed by atoms with Crippen molar-refractivity contribution in [3.05, 3.63) is 54.1 Å². The van der Waals surface area contributed by atoms with Gasteiger partial charge in [0.1, 0.15) is 0 Å². The second-order valence-electron chi connectivity index (χ2n) is 8.47. The maximum Gasteiger partial charge on any atom is 0.238 e. The van der Waals surface area contributed by atoms with Crippen LogP contribution in [0.25, 0.3) is 0 Å². The monoisotopic (exact) mass is 410 g/mol. The molecule has 2 aliphatic rings. The molecule has 1 saturated heterocycles. The molecule has 0 bridgehead atoms. The molecule has 2 aromatic carbocycles. The van der Waals surface area contributed by atoms with Crippen LogP contribution in [-0.2, 0) is 4.79 Å². The number of carbonyl (C=O) groups excluding carboxylic acids is 1. The molecule has 160 valence electrons. The minimum absolute atomic E-state index is 0.0405. The smallest absolute Gasteiger partial charge is 0.238 e. The molecule has 6 nitrogen and oxygen atoms in total. The fourth-order valence-corrected chi connectivity index (χ4v) is 5.15. The molecule has 4 rings (SSSR count). The number of likely N-dealkylation sites (tertiary alicyclic amines) is 1. The number of rotatable bonds is 5. The first-order valence-electron chi connectivity index (χ1n) is 10.7. The lowest BCUT2D eigenvalue weighted by atomic mass is 9.66. The summed E-state index contributed by atoms with van der Waals surface area (Å²) in [6.45, 7) is 0.887. The maximum atomic E-state index is 12.8. The number of hydrogen-bond acceptors (Lipinski definition) is 5. The van der Waals surface area contributed by atoms with Crippen molar-refractivity contribution in [2.75, 3.05) is 25.5 Å². The SMILES string of the molecule is COc1cc([C@H]2[C@H]3CCCC[C@]3(O)CCN2CC(=O)Nc2ccccc2)ccc1O. The molecule has 1 aliphatic heterocycles. The minimum atomic E-state index is -0.708. The van der Waals surface area contributed by atoms with Crippen LogP contribution >= 0.6 is 0 Å². The molecule has 2 fully saturated rings. The van der Waals surface area contributed by atoms with Gasteiger partial charge in [0, 0.05) is 24.2 Å². The predicted octanol–water partition coefficient (Wildman–Crippen LogP) is 3.71. The molecular formula is C24H30N2O4. The lowest BCUT2D eigenvalue weighted by Crippen LogP contribution is -2.56. The largest absolute Gasteiger partial charge is 0.504 e. The quantitative estimate of drug-likeness (QED) is 0.700. The standard InChI is InChI=1S/C24H30N2O4/c1-30-21-15-17(10-11-20(21)27)23-19-9-5-6-12-24(19,29)13-14-26(23)16-22(28)25-18-7-3-2-4-8-18/h2-4,7-8,10-11,15,19,23,27,29H,5-6,9,12-14,16H2,1H3,(H,25,28)/t19-,23+,24+/m1/s1. The Bertz CT molecular complexity index is 888. The Balaban J connectivity index is 1.62. The zero-order valence-corrected chi connectivity index (χ0v) is 17.4. The zero-order chi connectivity index (χ0) is 21.1. The molecule has 6 heteroatoms. The topological polar surface area (TPSA) is 82.0 Å². The van der Waals surface area contributed by atoms with Crippen LogP contribution in [0.4, 0.5) is 5.69 Å². The molecule has 3 N–H and O–H groups in total. The van der Waals surface area contributed by atoms with Gasteiger partial charge in [-0.3, -0.25) is 9.69 Å². The minimum Gasteiger partial charge on any atom is -0.504 e. The Kier molecular flexibility index (Phi) is 5.97. The Morgan fingerprint density at radius 2 is 2.00 bits per heavy atom. The van der Waals surface area contributed by atoms with Gasteiger partial charge in [-0.05, 0) is 49.1 Å². The van der Waals surface area contributed by atoms with Crippen molar-refractivity contribution >= 4 is 11.6 Å². The number of phenolic OH excluding ortho intramolecular Hbond substituents is 1. The van der Waals surface area contributed by atoms with Crippen molar-refractivity contribution in [3.8, 4) is 11.5 Å². The molecule has 0 spiro atoms. The molecular weight excluding hydrogens is 380 g/mol. The van der Waals surface area contributed by atoms with Crippen molar-refractivity contribution in [3.63, 3.8) is 0 Å². The molecule has 1 amide bonds. The summed E-state index contributed by atoms with van der Waals surface area (Å²) < 4.78 is 5.32. The van der Waals surface area contributed by atoms with Crippen molar-refractivity contribution in [2.24, 2.45) is 5.92 Å².